The van der Waals surface area contributed by atoms with E-state index in [4.69, 9.17) is 5.73 Å². The summed E-state index contributed by atoms with van der Waals surface area (Å²) in [5, 5.41) is 9.60. The largest absolute Gasteiger partial charge is 0.481 e. The normalized spacial score (nSPS) is 46.3. The van der Waals surface area contributed by atoms with Gasteiger partial charge < -0.3 is 10.8 Å². The molecule has 6 atom stereocenters. The number of allylic oxidation sites excluding steroid dienone is 1. The molecule has 3 aliphatic carbocycles. The first-order valence-corrected chi connectivity index (χ1v) is 8.99. The van der Waals surface area contributed by atoms with Gasteiger partial charge in [-0.2, -0.15) is 0 Å². The highest BCUT2D eigenvalue weighted by atomic mass is 16.4. The van der Waals surface area contributed by atoms with Crippen LogP contribution in [-0.4, -0.2) is 17.0 Å². The van der Waals surface area contributed by atoms with Crippen molar-refractivity contribution in [3.05, 3.63) is 12.2 Å². The van der Waals surface area contributed by atoms with Gasteiger partial charge in [0.15, 0.2) is 0 Å². The van der Waals surface area contributed by atoms with E-state index in [1.165, 1.54) is 12.5 Å². The zero-order chi connectivity index (χ0) is 16.8. The number of rotatable bonds is 3. The van der Waals surface area contributed by atoms with E-state index in [2.05, 4.69) is 13.8 Å². The third kappa shape index (κ3) is 2.60. The molecule has 0 bridgehead atoms. The molecule has 0 radical (unpaired) electrons. The molecule has 1 amide bonds. The van der Waals surface area contributed by atoms with Crippen LogP contribution in [0.4, 0.5) is 0 Å². The van der Waals surface area contributed by atoms with Gasteiger partial charge in [-0.25, -0.2) is 0 Å². The average Bonchev–Trinajstić information content (AvgIpc) is 2.83. The summed E-state index contributed by atoms with van der Waals surface area (Å²) in [7, 11) is 0. The lowest BCUT2D eigenvalue weighted by molar-refractivity contribution is -0.149. The van der Waals surface area contributed by atoms with Gasteiger partial charge >= 0.3 is 5.97 Å². The Morgan fingerprint density at radius 3 is 2.48 bits per heavy atom. The highest BCUT2D eigenvalue weighted by Gasteiger charge is 2.58. The molecular weight excluding hydrogens is 290 g/mol. The summed E-state index contributed by atoms with van der Waals surface area (Å²) in [5.41, 5.74) is 5.29. The number of carbonyl (C=O) groups is 2. The Balaban J connectivity index is 1.87. The van der Waals surface area contributed by atoms with Crippen molar-refractivity contribution >= 4 is 11.9 Å². The SMILES string of the molecule is CC1(C=CC(N)=O)CCCC2C1CCC1(C)C(C(=O)O)CCC21. The summed E-state index contributed by atoms with van der Waals surface area (Å²) in [6, 6.07) is 0. The predicted octanol–water partition coefficient (Wildman–Crippen LogP) is 3.36. The molecule has 3 fully saturated rings. The molecule has 6 unspecified atom stereocenters. The maximum atomic E-state index is 11.7. The van der Waals surface area contributed by atoms with Crippen LogP contribution >= 0.6 is 0 Å². The van der Waals surface area contributed by atoms with E-state index in [0.717, 1.165) is 38.5 Å². The van der Waals surface area contributed by atoms with Gasteiger partial charge in [-0.05, 0) is 73.2 Å². The first-order valence-electron chi connectivity index (χ1n) is 8.99. The van der Waals surface area contributed by atoms with Gasteiger partial charge in [-0.15, -0.1) is 0 Å². The van der Waals surface area contributed by atoms with Crippen molar-refractivity contribution in [3.8, 4) is 0 Å². The van der Waals surface area contributed by atoms with Gasteiger partial charge in [-0.3, -0.25) is 9.59 Å². The third-order valence-electron chi connectivity index (χ3n) is 7.46. The molecule has 23 heavy (non-hydrogen) atoms. The van der Waals surface area contributed by atoms with Gasteiger partial charge in [0, 0.05) is 0 Å². The van der Waals surface area contributed by atoms with Crippen LogP contribution in [0.5, 0.6) is 0 Å². The van der Waals surface area contributed by atoms with Crippen molar-refractivity contribution in [1.82, 2.24) is 0 Å². The first kappa shape index (κ1) is 16.5. The molecular formula is C19H29NO3. The van der Waals surface area contributed by atoms with Crippen molar-refractivity contribution in [2.75, 3.05) is 0 Å². The Hall–Kier alpha value is -1.32. The number of fused-ring (bicyclic) bond motifs is 3. The summed E-state index contributed by atoms with van der Waals surface area (Å²) < 4.78 is 0. The summed E-state index contributed by atoms with van der Waals surface area (Å²) in [6.45, 7) is 4.47. The number of hydrogen-bond acceptors (Lipinski definition) is 2. The van der Waals surface area contributed by atoms with Gasteiger partial charge in [0.2, 0.25) is 5.91 Å². The van der Waals surface area contributed by atoms with Gasteiger partial charge in [0.1, 0.15) is 0 Å². The minimum absolute atomic E-state index is 0.0284. The van der Waals surface area contributed by atoms with Crippen molar-refractivity contribution in [2.24, 2.45) is 40.2 Å². The molecule has 3 saturated carbocycles. The highest BCUT2D eigenvalue weighted by Crippen LogP contribution is 2.64. The summed E-state index contributed by atoms with van der Waals surface area (Å²) in [6.07, 6.45) is 11.0. The van der Waals surface area contributed by atoms with Crippen LogP contribution in [0.15, 0.2) is 12.2 Å². The van der Waals surface area contributed by atoms with E-state index < -0.39 is 5.97 Å². The van der Waals surface area contributed by atoms with E-state index in [1.807, 2.05) is 6.08 Å². The highest BCUT2D eigenvalue weighted by molar-refractivity contribution is 5.85. The summed E-state index contributed by atoms with van der Waals surface area (Å²) in [4.78, 5) is 22.8. The first-order chi connectivity index (χ1) is 10.8. The molecule has 0 saturated heterocycles. The molecule has 0 aromatic heterocycles. The van der Waals surface area contributed by atoms with Crippen LogP contribution in [-0.2, 0) is 9.59 Å². The number of aliphatic carboxylic acids is 1. The molecule has 3 aliphatic rings. The predicted molar refractivity (Wildman–Crippen MR) is 88.5 cm³/mol. The fourth-order valence-electron chi connectivity index (χ4n) is 6.30. The van der Waals surface area contributed by atoms with Crippen LogP contribution in [0.1, 0.15) is 58.8 Å². The maximum absolute atomic E-state index is 11.7. The fourth-order valence-corrected chi connectivity index (χ4v) is 6.30. The van der Waals surface area contributed by atoms with Crippen molar-refractivity contribution in [1.29, 1.82) is 0 Å². The molecule has 3 rings (SSSR count). The van der Waals surface area contributed by atoms with Crippen LogP contribution in [0.2, 0.25) is 0 Å². The standard InChI is InChI=1S/C19H29NO3/c1-18(10-8-16(20)21)9-3-4-12-13(18)7-11-19(2)14(12)5-6-15(19)17(22)23/h8,10,12-15H,3-7,9,11H2,1-2H3,(H2,20,21)(H,22,23). The summed E-state index contributed by atoms with van der Waals surface area (Å²) >= 11 is 0. The monoisotopic (exact) mass is 319 g/mol. The van der Waals surface area contributed by atoms with E-state index in [9.17, 15) is 14.7 Å². The van der Waals surface area contributed by atoms with E-state index in [1.54, 1.807) is 0 Å². The molecule has 0 aromatic rings. The molecule has 0 heterocycles. The van der Waals surface area contributed by atoms with Crippen molar-refractivity contribution in [3.63, 3.8) is 0 Å². The molecule has 0 aromatic carbocycles. The number of nitrogens with two attached hydrogens (primary N) is 1. The zero-order valence-corrected chi connectivity index (χ0v) is 14.3. The Kier molecular flexibility index (Phi) is 4.06. The number of amides is 1. The lowest BCUT2D eigenvalue weighted by Gasteiger charge is -2.55. The number of carboxylic acids is 1. The van der Waals surface area contributed by atoms with Gasteiger partial charge in [0.05, 0.1) is 5.92 Å². The minimum Gasteiger partial charge on any atom is -0.481 e. The van der Waals surface area contributed by atoms with Crippen LogP contribution < -0.4 is 5.73 Å². The maximum Gasteiger partial charge on any atom is 0.307 e. The minimum atomic E-state index is -0.611. The van der Waals surface area contributed by atoms with Crippen molar-refractivity contribution < 1.29 is 14.7 Å². The van der Waals surface area contributed by atoms with Gasteiger partial charge in [-0.1, -0.05) is 26.3 Å². The Morgan fingerprint density at radius 1 is 1.09 bits per heavy atom. The van der Waals surface area contributed by atoms with E-state index >= 15 is 0 Å². The second-order valence-corrected chi connectivity index (χ2v) is 8.52. The van der Waals surface area contributed by atoms with Crippen LogP contribution in [0.25, 0.3) is 0 Å². The molecule has 128 valence electrons. The Bertz CT molecular complexity index is 543. The van der Waals surface area contributed by atoms with Crippen molar-refractivity contribution in [2.45, 2.75) is 58.8 Å². The quantitative estimate of drug-likeness (QED) is 0.783. The lowest BCUT2D eigenvalue weighted by Crippen LogP contribution is -2.49. The number of hydrogen-bond donors (Lipinski definition) is 2. The van der Waals surface area contributed by atoms with E-state index in [0.29, 0.717) is 17.8 Å². The molecule has 0 spiro atoms. The molecule has 4 heteroatoms. The number of carboxylic acid groups (broad SMARTS) is 1. The Labute approximate surface area is 138 Å². The lowest BCUT2D eigenvalue weighted by atomic mass is 9.49. The summed E-state index contributed by atoms with van der Waals surface area (Å²) in [5.74, 6) is 0.500. The second kappa shape index (κ2) is 5.64. The number of carbonyl (C=O) groups excluding carboxylic acids is 1. The van der Waals surface area contributed by atoms with Crippen LogP contribution in [0.3, 0.4) is 0 Å². The molecule has 0 aliphatic heterocycles. The third-order valence-corrected chi connectivity index (χ3v) is 7.46. The fraction of sp³-hybridized carbons (Fsp3) is 0.789. The smallest absolute Gasteiger partial charge is 0.307 e. The molecule has 3 N–H and O–H groups in total. The molecule has 4 nitrogen and oxygen atoms in total. The average molecular weight is 319 g/mol. The Morgan fingerprint density at radius 2 is 1.83 bits per heavy atom. The second-order valence-electron chi connectivity index (χ2n) is 8.52. The van der Waals surface area contributed by atoms with Gasteiger partial charge in [0.25, 0.3) is 0 Å². The topological polar surface area (TPSA) is 80.4 Å². The zero-order valence-electron chi connectivity index (χ0n) is 14.3. The van der Waals surface area contributed by atoms with Crippen LogP contribution in [0, 0.1) is 34.5 Å². The van der Waals surface area contributed by atoms with E-state index in [-0.39, 0.29) is 22.7 Å². The number of primary amides is 1.